The van der Waals surface area contributed by atoms with E-state index >= 15 is 0 Å². The van der Waals surface area contributed by atoms with Gasteiger partial charge in [-0.1, -0.05) is 6.07 Å². The minimum absolute atomic E-state index is 0.180. The maximum atomic E-state index is 13.8. The van der Waals surface area contributed by atoms with E-state index in [9.17, 15) is 17.6 Å². The van der Waals surface area contributed by atoms with Crippen molar-refractivity contribution >= 4 is 0 Å². The first-order valence-corrected chi connectivity index (χ1v) is 7.02. The van der Waals surface area contributed by atoms with Crippen LogP contribution in [0, 0.1) is 23.3 Å². The summed E-state index contributed by atoms with van der Waals surface area (Å²) < 4.78 is 54.2. The van der Waals surface area contributed by atoms with Crippen molar-refractivity contribution in [3.8, 4) is 0 Å². The Labute approximate surface area is 134 Å². The Kier molecular flexibility index (Phi) is 4.57. The summed E-state index contributed by atoms with van der Waals surface area (Å²) in [5.41, 5.74) is -0.0434. The molecule has 2 heterocycles. The highest BCUT2D eigenvalue weighted by atomic mass is 19.2. The molecule has 0 fully saturated rings. The molecular weight excluding hydrogens is 324 g/mol. The van der Waals surface area contributed by atoms with Crippen LogP contribution in [0.15, 0.2) is 43.0 Å². The molecule has 1 atom stereocenters. The van der Waals surface area contributed by atoms with Crippen molar-refractivity contribution in [1.29, 1.82) is 0 Å². The maximum Gasteiger partial charge on any atom is 0.166 e. The monoisotopic (exact) mass is 336 g/mol. The van der Waals surface area contributed by atoms with E-state index in [1.807, 2.05) is 0 Å². The fourth-order valence-electron chi connectivity index (χ4n) is 2.34. The molecule has 0 spiro atoms. The molecule has 124 valence electrons. The quantitative estimate of drug-likeness (QED) is 0.556. The van der Waals surface area contributed by atoms with Gasteiger partial charge in [-0.25, -0.2) is 22.5 Å². The van der Waals surface area contributed by atoms with Gasteiger partial charge in [0, 0.05) is 43.0 Å². The third-order valence-corrected chi connectivity index (χ3v) is 3.50. The number of H-pyrrole nitrogens is 1. The molecule has 0 aliphatic rings. The standard InChI is InChI=1S/C16H12F4N4/c17-11-6-12(18)14(20)10(13(11)19)8-24-15(16-22-4-5-23-16)9-2-1-3-21-7-9/h1-7,15,24H,8H2,(H,22,23). The van der Waals surface area contributed by atoms with Crippen LogP contribution in [0.2, 0.25) is 0 Å². The highest BCUT2D eigenvalue weighted by molar-refractivity contribution is 5.25. The number of hydrogen-bond donors (Lipinski definition) is 2. The third-order valence-electron chi connectivity index (χ3n) is 3.50. The second-order valence-electron chi connectivity index (χ2n) is 5.02. The molecule has 3 rings (SSSR count). The lowest BCUT2D eigenvalue weighted by molar-refractivity contribution is 0.427. The molecule has 2 N–H and O–H groups in total. The number of nitrogens with one attached hydrogen (secondary N) is 2. The molecule has 0 aliphatic carbocycles. The molecule has 0 radical (unpaired) electrons. The Morgan fingerprint density at radius 2 is 1.83 bits per heavy atom. The van der Waals surface area contributed by atoms with Gasteiger partial charge < -0.3 is 4.98 Å². The lowest BCUT2D eigenvalue weighted by atomic mass is 10.1. The number of benzene rings is 1. The van der Waals surface area contributed by atoms with Crippen LogP contribution < -0.4 is 5.32 Å². The summed E-state index contributed by atoms with van der Waals surface area (Å²) in [6, 6.07) is 3.03. The van der Waals surface area contributed by atoms with E-state index in [0.717, 1.165) is 0 Å². The van der Waals surface area contributed by atoms with Crippen LogP contribution in [-0.4, -0.2) is 15.0 Å². The van der Waals surface area contributed by atoms with E-state index in [0.29, 0.717) is 11.4 Å². The minimum atomic E-state index is -1.44. The highest BCUT2D eigenvalue weighted by Crippen LogP contribution is 2.22. The number of halogens is 4. The summed E-state index contributed by atoms with van der Waals surface area (Å²) in [5, 5.41) is 2.84. The van der Waals surface area contributed by atoms with E-state index in [1.165, 1.54) is 6.20 Å². The van der Waals surface area contributed by atoms with Crippen molar-refractivity contribution in [3.05, 3.63) is 83.2 Å². The van der Waals surface area contributed by atoms with E-state index in [2.05, 4.69) is 20.3 Å². The van der Waals surface area contributed by atoms with Crippen LogP contribution in [0.25, 0.3) is 0 Å². The van der Waals surface area contributed by atoms with Gasteiger partial charge in [0.25, 0.3) is 0 Å². The summed E-state index contributed by atoms with van der Waals surface area (Å²) in [5.74, 6) is -5.26. The zero-order valence-corrected chi connectivity index (χ0v) is 12.2. The zero-order chi connectivity index (χ0) is 17.1. The number of rotatable bonds is 5. The number of imidazole rings is 1. The van der Waals surface area contributed by atoms with Gasteiger partial charge >= 0.3 is 0 Å². The first-order valence-electron chi connectivity index (χ1n) is 7.02. The highest BCUT2D eigenvalue weighted by Gasteiger charge is 2.22. The maximum absolute atomic E-state index is 13.8. The molecular formula is C16H12F4N4. The number of aromatic nitrogens is 3. The van der Waals surface area contributed by atoms with Crippen LogP contribution in [0.3, 0.4) is 0 Å². The first kappa shape index (κ1) is 16.1. The average molecular weight is 336 g/mol. The van der Waals surface area contributed by atoms with E-state index in [-0.39, 0.29) is 6.07 Å². The summed E-state index contributed by atoms with van der Waals surface area (Å²) in [4.78, 5) is 11.0. The zero-order valence-electron chi connectivity index (χ0n) is 12.2. The topological polar surface area (TPSA) is 53.6 Å². The van der Waals surface area contributed by atoms with Crippen LogP contribution in [-0.2, 0) is 6.54 Å². The first-order chi connectivity index (χ1) is 11.6. The molecule has 0 bridgehead atoms. The second-order valence-corrected chi connectivity index (χ2v) is 5.02. The van der Waals surface area contributed by atoms with Crippen molar-refractivity contribution in [1.82, 2.24) is 20.3 Å². The van der Waals surface area contributed by atoms with E-state index in [4.69, 9.17) is 0 Å². The van der Waals surface area contributed by atoms with Crippen molar-refractivity contribution in [2.45, 2.75) is 12.6 Å². The Bertz CT molecular complexity index is 796. The van der Waals surface area contributed by atoms with Crippen LogP contribution in [0.1, 0.15) is 23.0 Å². The summed E-state index contributed by atoms with van der Waals surface area (Å²) in [6.45, 7) is -0.438. The van der Waals surface area contributed by atoms with Crippen molar-refractivity contribution in [2.24, 2.45) is 0 Å². The molecule has 24 heavy (non-hydrogen) atoms. The number of hydrogen-bond acceptors (Lipinski definition) is 3. The molecule has 0 saturated carbocycles. The van der Waals surface area contributed by atoms with Gasteiger partial charge in [-0.15, -0.1) is 0 Å². The fraction of sp³-hybridized carbons (Fsp3) is 0.125. The molecule has 0 amide bonds. The van der Waals surface area contributed by atoms with Gasteiger partial charge in [0.1, 0.15) is 5.82 Å². The lowest BCUT2D eigenvalue weighted by Crippen LogP contribution is -2.25. The van der Waals surface area contributed by atoms with Crippen LogP contribution in [0.4, 0.5) is 17.6 Å². The molecule has 0 saturated heterocycles. The predicted octanol–water partition coefficient (Wildman–Crippen LogP) is 3.24. The minimum Gasteiger partial charge on any atom is -0.347 e. The molecule has 4 nitrogen and oxygen atoms in total. The van der Waals surface area contributed by atoms with Gasteiger partial charge in [0.15, 0.2) is 23.3 Å². The van der Waals surface area contributed by atoms with Crippen LogP contribution in [0.5, 0.6) is 0 Å². The normalized spacial score (nSPS) is 12.3. The second kappa shape index (κ2) is 6.79. The van der Waals surface area contributed by atoms with Gasteiger partial charge in [0.2, 0.25) is 0 Å². The Morgan fingerprint density at radius 3 is 2.42 bits per heavy atom. The predicted molar refractivity (Wildman–Crippen MR) is 77.8 cm³/mol. The number of nitrogens with zero attached hydrogens (tertiary/aromatic N) is 2. The molecule has 1 unspecified atom stereocenters. The number of aromatic amines is 1. The van der Waals surface area contributed by atoms with Crippen molar-refractivity contribution < 1.29 is 17.6 Å². The van der Waals surface area contributed by atoms with Crippen molar-refractivity contribution in [3.63, 3.8) is 0 Å². The molecule has 0 aliphatic heterocycles. The smallest absolute Gasteiger partial charge is 0.166 e. The average Bonchev–Trinajstić information content (AvgIpc) is 3.11. The summed E-state index contributed by atoms with van der Waals surface area (Å²) >= 11 is 0. The summed E-state index contributed by atoms with van der Waals surface area (Å²) in [6.07, 6.45) is 6.23. The number of pyridine rings is 1. The molecule has 2 aromatic heterocycles. The van der Waals surface area contributed by atoms with Crippen LogP contribution >= 0.6 is 0 Å². The Hall–Kier alpha value is -2.74. The van der Waals surface area contributed by atoms with Gasteiger partial charge in [0.05, 0.1) is 6.04 Å². The van der Waals surface area contributed by atoms with Gasteiger partial charge in [-0.05, 0) is 11.6 Å². The largest absolute Gasteiger partial charge is 0.347 e. The lowest BCUT2D eigenvalue weighted by Gasteiger charge is -2.17. The third kappa shape index (κ3) is 3.13. The van der Waals surface area contributed by atoms with Crippen molar-refractivity contribution in [2.75, 3.05) is 0 Å². The van der Waals surface area contributed by atoms with Gasteiger partial charge in [-0.2, -0.15) is 0 Å². The molecule has 1 aromatic carbocycles. The molecule has 3 aromatic rings. The molecule has 8 heteroatoms. The Balaban J connectivity index is 1.91. The SMILES string of the molecule is Fc1cc(F)c(F)c(CNC(c2cccnc2)c2ncc[nH]2)c1F. The fourth-order valence-corrected chi connectivity index (χ4v) is 2.34. The van der Waals surface area contributed by atoms with E-state index < -0.39 is 41.4 Å². The van der Waals surface area contributed by atoms with Gasteiger partial charge in [-0.3, -0.25) is 10.3 Å². The summed E-state index contributed by atoms with van der Waals surface area (Å²) in [7, 11) is 0. The Morgan fingerprint density at radius 1 is 1.08 bits per heavy atom. The van der Waals surface area contributed by atoms with E-state index in [1.54, 1.807) is 30.7 Å².